The van der Waals surface area contributed by atoms with E-state index in [1.807, 2.05) is 0 Å². The molecule has 0 heterocycles. The molecule has 0 amide bonds. The Bertz CT molecular complexity index is 278. The number of rotatable bonds is 2. The second kappa shape index (κ2) is 3.98. The fraction of sp³-hybridized carbons (Fsp3) is 0.250. The van der Waals surface area contributed by atoms with E-state index < -0.39 is 0 Å². The Kier molecular flexibility index (Phi) is 3.20. The van der Waals surface area contributed by atoms with Crippen LogP contribution >= 0.6 is 15.9 Å². The first-order valence-corrected chi connectivity index (χ1v) is 4.23. The second-order valence-corrected chi connectivity index (χ2v) is 3.41. The zero-order chi connectivity index (χ0) is 9.14. The lowest BCUT2D eigenvalue weighted by Gasteiger charge is -2.09. The summed E-state index contributed by atoms with van der Waals surface area (Å²) in [5, 5.41) is 9.91. The Labute approximate surface area is 78.7 Å². The number of hydroxylamine groups is 2. The standard InChI is InChI=1S/C8H9BrFNO/c1-11(12)5-6-4-7(10)2-3-8(6)9/h2-4,12H,5H2,1H3. The van der Waals surface area contributed by atoms with Gasteiger partial charge in [-0.15, -0.1) is 0 Å². The molecular weight excluding hydrogens is 225 g/mol. The molecule has 4 heteroatoms. The van der Waals surface area contributed by atoms with Crippen molar-refractivity contribution in [2.24, 2.45) is 0 Å². The van der Waals surface area contributed by atoms with Gasteiger partial charge >= 0.3 is 0 Å². The van der Waals surface area contributed by atoms with E-state index in [0.717, 1.165) is 15.1 Å². The van der Waals surface area contributed by atoms with Gasteiger partial charge in [-0.2, -0.15) is 5.06 Å². The summed E-state index contributed by atoms with van der Waals surface area (Å²) in [7, 11) is 1.51. The lowest BCUT2D eigenvalue weighted by atomic mass is 10.2. The molecule has 0 spiro atoms. The minimum atomic E-state index is -0.296. The second-order valence-electron chi connectivity index (χ2n) is 2.55. The summed E-state index contributed by atoms with van der Waals surface area (Å²) in [5.41, 5.74) is 0.722. The number of nitrogens with zero attached hydrogens (tertiary/aromatic N) is 1. The van der Waals surface area contributed by atoms with Gasteiger partial charge in [0.25, 0.3) is 0 Å². The van der Waals surface area contributed by atoms with Crippen LogP contribution in [0.4, 0.5) is 4.39 Å². The summed E-state index contributed by atoms with van der Waals surface area (Å²) in [4.78, 5) is 0. The highest BCUT2D eigenvalue weighted by atomic mass is 79.9. The zero-order valence-electron chi connectivity index (χ0n) is 6.59. The first-order valence-electron chi connectivity index (χ1n) is 3.43. The normalized spacial score (nSPS) is 10.8. The molecule has 0 aliphatic rings. The smallest absolute Gasteiger partial charge is 0.123 e. The monoisotopic (exact) mass is 233 g/mol. The molecule has 1 aromatic carbocycles. The van der Waals surface area contributed by atoms with Gasteiger partial charge in [0.2, 0.25) is 0 Å². The van der Waals surface area contributed by atoms with E-state index in [1.165, 1.54) is 19.2 Å². The van der Waals surface area contributed by atoms with E-state index in [4.69, 9.17) is 5.21 Å². The van der Waals surface area contributed by atoms with Crippen LogP contribution < -0.4 is 0 Å². The molecule has 0 aliphatic carbocycles. The number of halogens is 2. The van der Waals surface area contributed by atoms with Gasteiger partial charge < -0.3 is 5.21 Å². The molecule has 0 aromatic heterocycles. The summed E-state index contributed by atoms with van der Waals surface area (Å²) in [5.74, 6) is -0.296. The van der Waals surface area contributed by atoms with Crippen LogP contribution in [0.2, 0.25) is 0 Å². The lowest BCUT2D eigenvalue weighted by molar-refractivity contribution is -0.0733. The van der Waals surface area contributed by atoms with Gasteiger partial charge in [-0.3, -0.25) is 0 Å². The average molecular weight is 234 g/mol. The number of hydrogen-bond acceptors (Lipinski definition) is 2. The van der Waals surface area contributed by atoms with Gasteiger partial charge in [0.1, 0.15) is 5.82 Å². The first-order chi connectivity index (χ1) is 5.59. The van der Waals surface area contributed by atoms with E-state index in [2.05, 4.69) is 15.9 Å². The van der Waals surface area contributed by atoms with Crippen LogP contribution in [0.15, 0.2) is 22.7 Å². The number of hydrogen-bond donors (Lipinski definition) is 1. The molecule has 12 heavy (non-hydrogen) atoms. The van der Waals surface area contributed by atoms with Gasteiger partial charge in [-0.05, 0) is 23.8 Å². The SMILES string of the molecule is CN(O)Cc1cc(F)ccc1Br. The minimum Gasteiger partial charge on any atom is -0.314 e. The molecule has 0 atom stereocenters. The van der Waals surface area contributed by atoms with Crippen molar-refractivity contribution in [2.45, 2.75) is 6.54 Å². The van der Waals surface area contributed by atoms with Crippen LogP contribution in [0.5, 0.6) is 0 Å². The highest BCUT2D eigenvalue weighted by Gasteiger charge is 2.02. The Balaban J connectivity index is 2.90. The molecule has 1 N–H and O–H groups in total. The maximum absolute atomic E-state index is 12.7. The maximum atomic E-state index is 12.7. The quantitative estimate of drug-likeness (QED) is 0.794. The Morgan fingerprint density at radius 2 is 2.25 bits per heavy atom. The Hall–Kier alpha value is -0.450. The molecular formula is C8H9BrFNO. The zero-order valence-corrected chi connectivity index (χ0v) is 8.18. The van der Waals surface area contributed by atoms with Gasteiger partial charge in [-0.1, -0.05) is 15.9 Å². The third-order valence-corrected chi connectivity index (χ3v) is 2.18. The summed E-state index contributed by atoms with van der Waals surface area (Å²) in [6, 6.07) is 4.37. The summed E-state index contributed by atoms with van der Waals surface area (Å²) in [6.07, 6.45) is 0. The Morgan fingerprint density at radius 3 is 2.83 bits per heavy atom. The molecule has 0 saturated carbocycles. The van der Waals surface area contributed by atoms with E-state index in [1.54, 1.807) is 6.07 Å². The van der Waals surface area contributed by atoms with Crippen LogP contribution in [0.3, 0.4) is 0 Å². The van der Waals surface area contributed by atoms with E-state index >= 15 is 0 Å². The summed E-state index contributed by atoms with van der Waals surface area (Å²) >= 11 is 3.25. The van der Waals surface area contributed by atoms with Gasteiger partial charge in [0, 0.05) is 18.1 Å². The van der Waals surface area contributed by atoms with Crippen molar-refractivity contribution < 1.29 is 9.60 Å². The van der Waals surface area contributed by atoms with Gasteiger partial charge in [0.05, 0.1) is 0 Å². The molecule has 1 rings (SSSR count). The van der Waals surface area contributed by atoms with Crippen molar-refractivity contribution in [3.05, 3.63) is 34.1 Å². The largest absolute Gasteiger partial charge is 0.314 e. The lowest BCUT2D eigenvalue weighted by Crippen LogP contribution is -2.12. The van der Waals surface area contributed by atoms with Crippen molar-refractivity contribution in [3.63, 3.8) is 0 Å². The van der Waals surface area contributed by atoms with Crippen molar-refractivity contribution in [1.82, 2.24) is 5.06 Å². The molecule has 0 aliphatic heterocycles. The molecule has 0 fully saturated rings. The maximum Gasteiger partial charge on any atom is 0.123 e. The molecule has 2 nitrogen and oxygen atoms in total. The van der Waals surface area contributed by atoms with Crippen LogP contribution in [0.25, 0.3) is 0 Å². The highest BCUT2D eigenvalue weighted by Crippen LogP contribution is 2.18. The number of benzene rings is 1. The predicted molar refractivity (Wildman–Crippen MR) is 47.4 cm³/mol. The Morgan fingerprint density at radius 1 is 1.58 bits per heavy atom. The van der Waals surface area contributed by atoms with Crippen LogP contribution in [-0.2, 0) is 6.54 Å². The molecule has 1 aromatic rings. The van der Waals surface area contributed by atoms with Gasteiger partial charge in [0.15, 0.2) is 0 Å². The van der Waals surface area contributed by atoms with Crippen molar-refractivity contribution in [3.8, 4) is 0 Å². The molecule has 0 bridgehead atoms. The molecule has 66 valence electrons. The summed E-state index contributed by atoms with van der Waals surface area (Å²) < 4.78 is 13.5. The fourth-order valence-corrected chi connectivity index (χ4v) is 1.28. The highest BCUT2D eigenvalue weighted by molar-refractivity contribution is 9.10. The van der Waals surface area contributed by atoms with E-state index in [-0.39, 0.29) is 5.82 Å². The average Bonchev–Trinajstić information content (AvgIpc) is 1.96. The van der Waals surface area contributed by atoms with Crippen LogP contribution in [0, 0.1) is 5.82 Å². The third kappa shape index (κ3) is 2.55. The molecule has 0 radical (unpaired) electrons. The van der Waals surface area contributed by atoms with Crippen LogP contribution in [-0.4, -0.2) is 17.3 Å². The van der Waals surface area contributed by atoms with E-state index in [0.29, 0.717) is 6.54 Å². The third-order valence-electron chi connectivity index (χ3n) is 1.41. The fourth-order valence-electron chi connectivity index (χ4n) is 0.911. The summed E-state index contributed by atoms with van der Waals surface area (Å²) in [6.45, 7) is 0.304. The van der Waals surface area contributed by atoms with Crippen molar-refractivity contribution in [2.75, 3.05) is 7.05 Å². The first kappa shape index (κ1) is 9.64. The van der Waals surface area contributed by atoms with E-state index in [9.17, 15) is 4.39 Å². The van der Waals surface area contributed by atoms with Crippen LogP contribution in [0.1, 0.15) is 5.56 Å². The topological polar surface area (TPSA) is 23.5 Å². The predicted octanol–water partition coefficient (Wildman–Crippen LogP) is 2.41. The molecule has 0 unspecified atom stereocenters. The minimum absolute atomic E-state index is 0.296. The van der Waals surface area contributed by atoms with Crippen molar-refractivity contribution in [1.29, 1.82) is 0 Å². The van der Waals surface area contributed by atoms with Crippen molar-refractivity contribution >= 4 is 15.9 Å². The molecule has 0 saturated heterocycles. The van der Waals surface area contributed by atoms with Gasteiger partial charge in [-0.25, -0.2) is 4.39 Å².